The number of aromatic amines is 1. The van der Waals surface area contributed by atoms with Gasteiger partial charge in [-0.15, -0.1) is 0 Å². The molecule has 1 unspecified atom stereocenters. The van der Waals surface area contributed by atoms with Crippen LogP contribution in [-0.4, -0.2) is 28.5 Å². The predicted octanol–water partition coefficient (Wildman–Crippen LogP) is 0.730. The number of hydrogen-bond acceptors (Lipinski definition) is 3. The van der Waals surface area contributed by atoms with E-state index in [4.69, 9.17) is 0 Å². The van der Waals surface area contributed by atoms with E-state index in [-0.39, 0.29) is 11.9 Å². The van der Waals surface area contributed by atoms with E-state index in [0.29, 0.717) is 18.4 Å². The largest absolute Gasteiger partial charge is 0.354 e. The third kappa shape index (κ3) is 2.14. The first-order chi connectivity index (χ1) is 8.66. The molecular formula is C13H20N4O. The van der Waals surface area contributed by atoms with Crippen LogP contribution in [0.5, 0.6) is 0 Å². The van der Waals surface area contributed by atoms with Gasteiger partial charge in [-0.05, 0) is 18.3 Å². The van der Waals surface area contributed by atoms with Gasteiger partial charge in [0, 0.05) is 19.5 Å². The van der Waals surface area contributed by atoms with Gasteiger partial charge in [-0.2, -0.15) is 0 Å². The zero-order chi connectivity index (χ0) is 12.6. The van der Waals surface area contributed by atoms with Gasteiger partial charge >= 0.3 is 0 Å². The van der Waals surface area contributed by atoms with E-state index in [1.165, 1.54) is 19.3 Å². The summed E-state index contributed by atoms with van der Waals surface area (Å²) < 4.78 is 0. The van der Waals surface area contributed by atoms with Crippen molar-refractivity contribution in [3.63, 3.8) is 0 Å². The Balaban J connectivity index is 1.54. The number of aromatic nitrogens is 2. The molecule has 0 bridgehead atoms. The van der Waals surface area contributed by atoms with Gasteiger partial charge in [0.05, 0.1) is 23.8 Å². The van der Waals surface area contributed by atoms with Crippen molar-refractivity contribution >= 4 is 5.91 Å². The average Bonchev–Trinajstić information content (AvgIpc) is 2.80. The molecule has 1 atom stereocenters. The number of rotatable bonds is 3. The van der Waals surface area contributed by atoms with Crippen molar-refractivity contribution in [2.45, 2.75) is 45.2 Å². The normalized spacial score (nSPS) is 25.1. The number of carbonyl (C=O) groups is 1. The van der Waals surface area contributed by atoms with Gasteiger partial charge in [0.1, 0.15) is 0 Å². The summed E-state index contributed by atoms with van der Waals surface area (Å²) in [5.41, 5.74) is 2.45. The third-order valence-electron chi connectivity index (χ3n) is 4.30. The predicted molar refractivity (Wildman–Crippen MR) is 67.9 cm³/mol. The number of amides is 1. The van der Waals surface area contributed by atoms with Crippen LogP contribution in [0.3, 0.4) is 0 Å². The summed E-state index contributed by atoms with van der Waals surface area (Å²) >= 11 is 0. The Morgan fingerprint density at radius 2 is 2.44 bits per heavy atom. The molecule has 1 saturated carbocycles. The van der Waals surface area contributed by atoms with Gasteiger partial charge in [0.2, 0.25) is 5.91 Å². The van der Waals surface area contributed by atoms with Crippen molar-refractivity contribution in [2.24, 2.45) is 5.41 Å². The fourth-order valence-electron chi connectivity index (χ4n) is 2.74. The van der Waals surface area contributed by atoms with Crippen LogP contribution in [0.1, 0.15) is 37.6 Å². The second kappa shape index (κ2) is 4.39. The lowest BCUT2D eigenvalue weighted by Crippen LogP contribution is -2.50. The molecule has 5 nitrogen and oxygen atoms in total. The van der Waals surface area contributed by atoms with Crippen molar-refractivity contribution in [2.75, 3.05) is 6.54 Å². The zero-order valence-corrected chi connectivity index (χ0v) is 10.8. The standard InChI is InChI=1S/C13H20N4O/c1-13(3-2-4-13)7-15-12(18)10-5-9-11(6-14-10)17-8-16-9/h8,10,14H,2-7H2,1H3,(H,15,18)(H,16,17). The molecular weight excluding hydrogens is 228 g/mol. The lowest BCUT2D eigenvalue weighted by molar-refractivity contribution is -0.124. The highest BCUT2D eigenvalue weighted by molar-refractivity contribution is 5.82. The Morgan fingerprint density at radius 1 is 1.61 bits per heavy atom. The molecule has 0 radical (unpaired) electrons. The Kier molecular flexibility index (Phi) is 2.86. The molecule has 1 aromatic rings. The Hall–Kier alpha value is -1.36. The molecule has 0 spiro atoms. The molecule has 2 heterocycles. The van der Waals surface area contributed by atoms with E-state index in [1.807, 2.05) is 0 Å². The van der Waals surface area contributed by atoms with Crippen LogP contribution in [0.4, 0.5) is 0 Å². The lowest BCUT2D eigenvalue weighted by Gasteiger charge is -2.38. The Morgan fingerprint density at radius 3 is 3.17 bits per heavy atom. The molecule has 1 aliphatic carbocycles. The molecule has 1 aromatic heterocycles. The van der Waals surface area contributed by atoms with Crippen LogP contribution in [0.2, 0.25) is 0 Å². The summed E-state index contributed by atoms with van der Waals surface area (Å²) in [6.07, 6.45) is 6.14. The van der Waals surface area contributed by atoms with Gasteiger partial charge < -0.3 is 10.3 Å². The highest BCUT2D eigenvalue weighted by Gasteiger charge is 2.33. The highest BCUT2D eigenvalue weighted by atomic mass is 16.2. The summed E-state index contributed by atoms with van der Waals surface area (Å²) in [4.78, 5) is 19.4. The molecule has 0 saturated heterocycles. The average molecular weight is 248 g/mol. The highest BCUT2D eigenvalue weighted by Crippen LogP contribution is 2.39. The minimum Gasteiger partial charge on any atom is -0.354 e. The smallest absolute Gasteiger partial charge is 0.237 e. The maximum absolute atomic E-state index is 12.1. The first kappa shape index (κ1) is 11.7. The fraction of sp³-hybridized carbons (Fsp3) is 0.692. The summed E-state index contributed by atoms with van der Waals surface area (Å²) in [5, 5.41) is 6.33. The zero-order valence-electron chi connectivity index (χ0n) is 10.8. The molecule has 3 N–H and O–H groups in total. The second-order valence-electron chi connectivity index (χ2n) is 5.85. The molecule has 1 fully saturated rings. The topological polar surface area (TPSA) is 69.8 Å². The molecule has 98 valence electrons. The van der Waals surface area contributed by atoms with Crippen molar-refractivity contribution in [3.8, 4) is 0 Å². The van der Waals surface area contributed by atoms with Gasteiger partial charge in [-0.3, -0.25) is 10.1 Å². The second-order valence-corrected chi connectivity index (χ2v) is 5.85. The van der Waals surface area contributed by atoms with Gasteiger partial charge in [-0.1, -0.05) is 13.3 Å². The molecule has 1 amide bonds. The maximum Gasteiger partial charge on any atom is 0.237 e. The quantitative estimate of drug-likeness (QED) is 0.738. The van der Waals surface area contributed by atoms with E-state index in [9.17, 15) is 4.79 Å². The number of H-pyrrole nitrogens is 1. The number of carbonyl (C=O) groups excluding carboxylic acids is 1. The monoisotopic (exact) mass is 248 g/mol. The SMILES string of the molecule is CC1(CNC(=O)C2Cc3nc[nH]c3CN2)CCC1. The number of nitrogens with one attached hydrogen (secondary N) is 3. The Labute approximate surface area is 107 Å². The van der Waals surface area contributed by atoms with Crippen LogP contribution in [0.15, 0.2) is 6.33 Å². The minimum absolute atomic E-state index is 0.108. The number of fused-ring (bicyclic) bond motifs is 1. The van der Waals surface area contributed by atoms with E-state index < -0.39 is 0 Å². The molecule has 18 heavy (non-hydrogen) atoms. The first-order valence-electron chi connectivity index (χ1n) is 6.69. The van der Waals surface area contributed by atoms with E-state index in [1.54, 1.807) is 6.33 Å². The Bertz CT molecular complexity index is 450. The van der Waals surface area contributed by atoms with Crippen molar-refractivity contribution in [1.82, 2.24) is 20.6 Å². The van der Waals surface area contributed by atoms with E-state index in [0.717, 1.165) is 17.9 Å². The summed E-state index contributed by atoms with van der Waals surface area (Å²) in [6.45, 7) is 3.75. The number of imidazole rings is 1. The molecule has 2 aliphatic rings. The first-order valence-corrected chi connectivity index (χ1v) is 6.69. The van der Waals surface area contributed by atoms with Crippen LogP contribution >= 0.6 is 0 Å². The molecule has 5 heteroatoms. The van der Waals surface area contributed by atoms with Crippen LogP contribution in [0.25, 0.3) is 0 Å². The van der Waals surface area contributed by atoms with Crippen molar-refractivity contribution in [3.05, 3.63) is 17.7 Å². The van der Waals surface area contributed by atoms with Gasteiger partial charge in [-0.25, -0.2) is 4.98 Å². The van der Waals surface area contributed by atoms with Crippen LogP contribution in [0, 0.1) is 5.41 Å². The van der Waals surface area contributed by atoms with Gasteiger partial charge in [0.25, 0.3) is 0 Å². The summed E-state index contributed by atoms with van der Waals surface area (Å²) in [7, 11) is 0. The molecule has 0 aromatic carbocycles. The van der Waals surface area contributed by atoms with E-state index in [2.05, 4.69) is 27.5 Å². The van der Waals surface area contributed by atoms with E-state index >= 15 is 0 Å². The third-order valence-corrected chi connectivity index (χ3v) is 4.30. The molecule has 1 aliphatic heterocycles. The number of nitrogens with zero attached hydrogens (tertiary/aromatic N) is 1. The van der Waals surface area contributed by atoms with Crippen LogP contribution in [-0.2, 0) is 17.8 Å². The van der Waals surface area contributed by atoms with Gasteiger partial charge in [0.15, 0.2) is 0 Å². The molecule has 3 rings (SSSR count). The van der Waals surface area contributed by atoms with Crippen LogP contribution < -0.4 is 10.6 Å². The maximum atomic E-state index is 12.1. The van der Waals surface area contributed by atoms with Crippen molar-refractivity contribution < 1.29 is 4.79 Å². The fourth-order valence-corrected chi connectivity index (χ4v) is 2.74. The van der Waals surface area contributed by atoms with Crippen molar-refractivity contribution in [1.29, 1.82) is 0 Å². The summed E-state index contributed by atoms with van der Waals surface area (Å²) in [6, 6.07) is -0.135. The summed E-state index contributed by atoms with van der Waals surface area (Å²) in [5.74, 6) is 0.108. The number of hydrogen-bond donors (Lipinski definition) is 3. The lowest BCUT2D eigenvalue weighted by atomic mass is 9.70. The minimum atomic E-state index is -0.135.